The van der Waals surface area contributed by atoms with Crippen LogP contribution in [0.25, 0.3) is 33.3 Å². The van der Waals surface area contributed by atoms with Crippen LogP contribution < -0.4 is 0 Å². The van der Waals surface area contributed by atoms with Gasteiger partial charge in [0.25, 0.3) is 0 Å². The Bertz CT molecular complexity index is 1030. The molecule has 4 nitrogen and oxygen atoms in total. The minimum atomic E-state index is 0.517. The van der Waals surface area contributed by atoms with Gasteiger partial charge in [-0.05, 0) is 43.0 Å². The number of fused-ring (bicyclic) bond motifs is 3. The summed E-state index contributed by atoms with van der Waals surface area (Å²) in [6.07, 6.45) is 11.0. The summed E-state index contributed by atoms with van der Waals surface area (Å²) in [6.45, 7) is 2.40. The highest BCUT2D eigenvalue weighted by molar-refractivity contribution is 6.04. The van der Waals surface area contributed by atoms with E-state index in [1.165, 1.54) is 47.7 Å². The molecule has 1 saturated carbocycles. The molecule has 4 heteroatoms. The topological polar surface area (TPSA) is 46.5 Å². The molecular weight excluding hydrogens is 308 g/mol. The first-order valence-corrected chi connectivity index (χ1v) is 9.21. The SMILES string of the molecule is C[C@@H]1CCCCC1n1c(-c2ccccn2)cc2cnc3[nH]ccc3c21. The lowest BCUT2D eigenvalue weighted by molar-refractivity contribution is 0.265. The molecule has 0 aromatic carbocycles. The monoisotopic (exact) mass is 330 g/mol. The third kappa shape index (κ3) is 2.28. The number of hydrogen-bond acceptors (Lipinski definition) is 2. The van der Waals surface area contributed by atoms with Crippen molar-refractivity contribution in [3.8, 4) is 11.4 Å². The summed E-state index contributed by atoms with van der Waals surface area (Å²) in [5.41, 5.74) is 4.51. The highest BCUT2D eigenvalue weighted by atomic mass is 15.1. The van der Waals surface area contributed by atoms with Crippen LogP contribution in [0.5, 0.6) is 0 Å². The Morgan fingerprint density at radius 1 is 1.12 bits per heavy atom. The number of pyridine rings is 2. The van der Waals surface area contributed by atoms with Crippen molar-refractivity contribution in [1.29, 1.82) is 0 Å². The highest BCUT2D eigenvalue weighted by Gasteiger charge is 2.27. The second-order valence-corrected chi connectivity index (χ2v) is 7.25. The lowest BCUT2D eigenvalue weighted by Gasteiger charge is -2.32. The van der Waals surface area contributed by atoms with Gasteiger partial charge in [0.2, 0.25) is 0 Å². The number of H-pyrrole nitrogens is 1. The van der Waals surface area contributed by atoms with E-state index in [-0.39, 0.29) is 0 Å². The number of rotatable bonds is 2. The van der Waals surface area contributed by atoms with E-state index in [2.05, 4.69) is 50.7 Å². The van der Waals surface area contributed by atoms with E-state index in [1.807, 2.05) is 24.7 Å². The predicted octanol–water partition coefficient (Wildman–Crippen LogP) is 5.33. The van der Waals surface area contributed by atoms with Gasteiger partial charge in [-0.3, -0.25) is 4.98 Å². The van der Waals surface area contributed by atoms with Gasteiger partial charge in [-0.2, -0.15) is 0 Å². The Labute approximate surface area is 146 Å². The zero-order chi connectivity index (χ0) is 16.8. The fourth-order valence-corrected chi connectivity index (χ4v) is 4.46. The summed E-state index contributed by atoms with van der Waals surface area (Å²) in [6, 6.07) is 11.1. The molecule has 0 radical (unpaired) electrons. The third-order valence-electron chi connectivity index (χ3n) is 5.70. The Balaban J connectivity index is 1.85. The molecule has 1 aliphatic rings. The van der Waals surface area contributed by atoms with Gasteiger partial charge in [0.1, 0.15) is 5.65 Å². The van der Waals surface area contributed by atoms with Crippen LogP contribution in [0.4, 0.5) is 0 Å². The van der Waals surface area contributed by atoms with E-state index in [4.69, 9.17) is 0 Å². The van der Waals surface area contributed by atoms with Crippen molar-refractivity contribution in [2.45, 2.75) is 38.6 Å². The summed E-state index contributed by atoms with van der Waals surface area (Å²) in [5.74, 6) is 0.675. The molecule has 1 fully saturated rings. The van der Waals surface area contributed by atoms with E-state index in [0.717, 1.165) is 11.3 Å². The first kappa shape index (κ1) is 14.7. The maximum atomic E-state index is 4.64. The lowest BCUT2D eigenvalue weighted by atomic mass is 9.85. The number of aromatic amines is 1. The van der Waals surface area contributed by atoms with Gasteiger partial charge in [-0.15, -0.1) is 0 Å². The second-order valence-electron chi connectivity index (χ2n) is 7.25. The van der Waals surface area contributed by atoms with Crippen molar-refractivity contribution in [1.82, 2.24) is 19.5 Å². The highest BCUT2D eigenvalue weighted by Crippen LogP contribution is 2.41. The number of hydrogen-bond donors (Lipinski definition) is 1. The molecule has 0 amide bonds. The zero-order valence-electron chi connectivity index (χ0n) is 14.4. The van der Waals surface area contributed by atoms with Crippen LogP contribution in [0.3, 0.4) is 0 Å². The molecule has 25 heavy (non-hydrogen) atoms. The Kier molecular flexibility index (Phi) is 3.37. The van der Waals surface area contributed by atoms with Crippen molar-refractivity contribution in [2.75, 3.05) is 0 Å². The Morgan fingerprint density at radius 2 is 2.04 bits per heavy atom. The summed E-state index contributed by atoms with van der Waals surface area (Å²) in [4.78, 5) is 12.5. The third-order valence-corrected chi connectivity index (χ3v) is 5.70. The van der Waals surface area contributed by atoms with E-state index in [0.29, 0.717) is 12.0 Å². The van der Waals surface area contributed by atoms with Crippen molar-refractivity contribution in [3.63, 3.8) is 0 Å². The quantitative estimate of drug-likeness (QED) is 0.540. The summed E-state index contributed by atoms with van der Waals surface area (Å²) in [7, 11) is 0. The first-order valence-electron chi connectivity index (χ1n) is 9.21. The van der Waals surface area contributed by atoms with E-state index < -0.39 is 0 Å². The van der Waals surface area contributed by atoms with Gasteiger partial charge in [0.05, 0.1) is 16.9 Å². The van der Waals surface area contributed by atoms with Gasteiger partial charge >= 0.3 is 0 Å². The molecule has 126 valence electrons. The van der Waals surface area contributed by atoms with E-state index >= 15 is 0 Å². The lowest BCUT2D eigenvalue weighted by Crippen LogP contribution is -2.21. The molecule has 4 aromatic rings. The van der Waals surface area contributed by atoms with Crippen LogP contribution in [0, 0.1) is 5.92 Å². The first-order chi connectivity index (χ1) is 12.3. The van der Waals surface area contributed by atoms with Gasteiger partial charge < -0.3 is 9.55 Å². The van der Waals surface area contributed by atoms with Crippen LogP contribution in [0.15, 0.2) is 48.9 Å². The number of nitrogens with one attached hydrogen (secondary N) is 1. The minimum Gasteiger partial charge on any atom is -0.346 e. The number of aromatic nitrogens is 4. The zero-order valence-corrected chi connectivity index (χ0v) is 14.4. The average molecular weight is 330 g/mol. The molecule has 1 N–H and O–H groups in total. The molecule has 0 spiro atoms. The molecule has 0 aliphatic heterocycles. The normalized spacial score (nSPS) is 21.2. The summed E-state index contributed by atoms with van der Waals surface area (Å²) >= 11 is 0. The average Bonchev–Trinajstić information content (AvgIpc) is 3.26. The van der Waals surface area contributed by atoms with Gasteiger partial charge in [0, 0.05) is 35.4 Å². The molecule has 0 bridgehead atoms. The molecular formula is C21H22N4. The molecule has 5 rings (SSSR count). The summed E-state index contributed by atoms with van der Waals surface area (Å²) in [5, 5.41) is 2.41. The van der Waals surface area contributed by atoms with Crippen molar-refractivity contribution >= 4 is 21.9 Å². The van der Waals surface area contributed by atoms with Crippen LogP contribution in [0.2, 0.25) is 0 Å². The fraction of sp³-hybridized carbons (Fsp3) is 0.333. The van der Waals surface area contributed by atoms with E-state index in [9.17, 15) is 0 Å². The van der Waals surface area contributed by atoms with Crippen LogP contribution in [-0.2, 0) is 0 Å². The molecule has 4 heterocycles. The van der Waals surface area contributed by atoms with Crippen LogP contribution in [-0.4, -0.2) is 19.5 Å². The Morgan fingerprint density at radius 3 is 2.88 bits per heavy atom. The predicted molar refractivity (Wildman–Crippen MR) is 101 cm³/mol. The molecule has 0 saturated heterocycles. The molecule has 4 aromatic heterocycles. The van der Waals surface area contributed by atoms with Gasteiger partial charge in [-0.1, -0.05) is 25.8 Å². The molecule has 2 atom stereocenters. The van der Waals surface area contributed by atoms with Gasteiger partial charge in [0.15, 0.2) is 0 Å². The number of nitrogens with zero attached hydrogens (tertiary/aromatic N) is 3. The smallest absolute Gasteiger partial charge is 0.139 e. The molecule has 1 unspecified atom stereocenters. The fourth-order valence-electron chi connectivity index (χ4n) is 4.46. The maximum absolute atomic E-state index is 4.64. The minimum absolute atomic E-state index is 0.517. The summed E-state index contributed by atoms with van der Waals surface area (Å²) < 4.78 is 2.55. The van der Waals surface area contributed by atoms with E-state index in [1.54, 1.807) is 0 Å². The Hall–Kier alpha value is -2.62. The maximum Gasteiger partial charge on any atom is 0.139 e. The van der Waals surface area contributed by atoms with Crippen molar-refractivity contribution in [3.05, 3.63) is 48.9 Å². The largest absolute Gasteiger partial charge is 0.346 e. The second kappa shape index (κ2) is 5.73. The van der Waals surface area contributed by atoms with Crippen molar-refractivity contribution in [2.24, 2.45) is 5.92 Å². The van der Waals surface area contributed by atoms with Gasteiger partial charge in [-0.25, -0.2) is 4.98 Å². The van der Waals surface area contributed by atoms with Crippen LogP contribution in [0.1, 0.15) is 38.6 Å². The standard InChI is InChI=1S/C21H22N4/c1-14-6-2-3-8-18(14)25-19(17-7-4-5-10-22-17)12-15-13-24-21-16(20(15)25)9-11-23-21/h4-5,7,9-14,18H,2-3,6,8H2,1H3,(H,23,24)/t14-,18?/m1/s1. The van der Waals surface area contributed by atoms with Crippen LogP contribution >= 0.6 is 0 Å². The van der Waals surface area contributed by atoms with Crippen molar-refractivity contribution < 1.29 is 0 Å². The molecule has 1 aliphatic carbocycles.